The molecule has 0 spiro atoms. The van der Waals surface area contributed by atoms with E-state index in [4.69, 9.17) is 5.73 Å². The SMILES string of the molecule is CCc1ccc(C(C(C)CCN)N(C)C)cc1. The molecule has 0 aliphatic carbocycles. The first-order chi connectivity index (χ1) is 8.10. The summed E-state index contributed by atoms with van der Waals surface area (Å²) in [6.45, 7) is 5.24. The lowest BCUT2D eigenvalue weighted by Crippen LogP contribution is -2.27. The van der Waals surface area contributed by atoms with Crippen LogP contribution in [-0.2, 0) is 6.42 Å². The van der Waals surface area contributed by atoms with E-state index in [2.05, 4.69) is 57.1 Å². The van der Waals surface area contributed by atoms with E-state index in [0.717, 1.165) is 19.4 Å². The van der Waals surface area contributed by atoms with Gasteiger partial charge < -0.3 is 10.6 Å². The first-order valence-electron chi connectivity index (χ1n) is 6.55. The molecular formula is C15H26N2. The molecule has 1 rings (SSSR count). The van der Waals surface area contributed by atoms with Crippen molar-refractivity contribution in [2.75, 3.05) is 20.6 Å². The summed E-state index contributed by atoms with van der Waals surface area (Å²) in [4.78, 5) is 2.29. The lowest BCUT2D eigenvalue weighted by atomic mass is 9.90. The Balaban J connectivity index is 2.89. The molecule has 2 atom stereocenters. The van der Waals surface area contributed by atoms with Crippen molar-refractivity contribution in [2.24, 2.45) is 11.7 Å². The van der Waals surface area contributed by atoms with Crippen LogP contribution >= 0.6 is 0 Å². The Kier molecular flexibility index (Phi) is 5.66. The molecule has 2 unspecified atom stereocenters. The van der Waals surface area contributed by atoms with Gasteiger partial charge in [0.15, 0.2) is 0 Å². The maximum Gasteiger partial charge on any atom is 0.0368 e. The molecule has 0 saturated heterocycles. The van der Waals surface area contributed by atoms with Crippen molar-refractivity contribution in [3.63, 3.8) is 0 Å². The molecule has 0 saturated carbocycles. The zero-order valence-electron chi connectivity index (χ0n) is 11.6. The first kappa shape index (κ1) is 14.2. The molecule has 0 heterocycles. The van der Waals surface area contributed by atoms with Crippen LogP contribution in [0.15, 0.2) is 24.3 Å². The fourth-order valence-corrected chi connectivity index (χ4v) is 2.51. The van der Waals surface area contributed by atoms with Gasteiger partial charge in [-0.25, -0.2) is 0 Å². The van der Waals surface area contributed by atoms with Crippen molar-refractivity contribution in [3.8, 4) is 0 Å². The van der Waals surface area contributed by atoms with Gasteiger partial charge in [0, 0.05) is 6.04 Å². The third kappa shape index (κ3) is 3.83. The summed E-state index contributed by atoms with van der Waals surface area (Å²) >= 11 is 0. The number of benzene rings is 1. The van der Waals surface area contributed by atoms with Crippen LogP contribution in [0, 0.1) is 5.92 Å². The van der Waals surface area contributed by atoms with Crippen LogP contribution < -0.4 is 5.73 Å². The topological polar surface area (TPSA) is 29.3 Å². The van der Waals surface area contributed by atoms with Gasteiger partial charge in [-0.3, -0.25) is 0 Å². The lowest BCUT2D eigenvalue weighted by Gasteiger charge is -2.30. The fourth-order valence-electron chi connectivity index (χ4n) is 2.51. The normalized spacial score (nSPS) is 14.9. The molecule has 2 heteroatoms. The molecule has 1 aromatic rings. The van der Waals surface area contributed by atoms with Gasteiger partial charge in [-0.2, -0.15) is 0 Å². The van der Waals surface area contributed by atoms with Gasteiger partial charge >= 0.3 is 0 Å². The Morgan fingerprint density at radius 2 is 1.76 bits per heavy atom. The molecule has 0 radical (unpaired) electrons. The van der Waals surface area contributed by atoms with E-state index in [-0.39, 0.29) is 0 Å². The quantitative estimate of drug-likeness (QED) is 0.820. The minimum atomic E-state index is 0.462. The van der Waals surface area contributed by atoms with Crippen molar-refractivity contribution in [1.82, 2.24) is 4.90 Å². The zero-order chi connectivity index (χ0) is 12.8. The minimum absolute atomic E-state index is 0.462. The average molecular weight is 234 g/mol. The van der Waals surface area contributed by atoms with Gasteiger partial charge in [-0.15, -0.1) is 0 Å². The molecule has 2 nitrogen and oxygen atoms in total. The molecule has 96 valence electrons. The number of hydrogen-bond acceptors (Lipinski definition) is 2. The molecule has 0 amide bonds. The highest BCUT2D eigenvalue weighted by Crippen LogP contribution is 2.28. The average Bonchev–Trinajstić information content (AvgIpc) is 2.30. The molecule has 0 aromatic heterocycles. The van der Waals surface area contributed by atoms with Crippen LogP contribution in [0.4, 0.5) is 0 Å². The summed E-state index contributed by atoms with van der Waals surface area (Å²) in [5.74, 6) is 0.586. The van der Waals surface area contributed by atoms with Crippen molar-refractivity contribution in [2.45, 2.75) is 32.7 Å². The Hall–Kier alpha value is -0.860. The monoisotopic (exact) mass is 234 g/mol. The molecule has 1 aromatic carbocycles. The molecule has 2 N–H and O–H groups in total. The van der Waals surface area contributed by atoms with Crippen LogP contribution in [0.5, 0.6) is 0 Å². The molecule has 17 heavy (non-hydrogen) atoms. The summed E-state index contributed by atoms with van der Waals surface area (Å²) in [5, 5.41) is 0. The maximum atomic E-state index is 5.67. The van der Waals surface area contributed by atoms with Gasteiger partial charge in [-0.1, -0.05) is 38.1 Å². The Morgan fingerprint density at radius 1 is 1.18 bits per heavy atom. The van der Waals surface area contributed by atoms with Gasteiger partial charge in [0.2, 0.25) is 0 Å². The summed E-state index contributed by atoms with van der Waals surface area (Å²) in [6.07, 6.45) is 2.17. The Labute approximate surface area is 106 Å². The predicted octanol–water partition coefficient (Wildman–Crippen LogP) is 2.84. The summed E-state index contributed by atoms with van der Waals surface area (Å²) in [5.41, 5.74) is 8.47. The van der Waals surface area contributed by atoms with Crippen LogP contribution in [0.3, 0.4) is 0 Å². The maximum absolute atomic E-state index is 5.67. The van der Waals surface area contributed by atoms with E-state index in [1.165, 1.54) is 11.1 Å². The molecular weight excluding hydrogens is 208 g/mol. The number of nitrogens with two attached hydrogens (primary N) is 1. The van der Waals surface area contributed by atoms with E-state index in [0.29, 0.717) is 12.0 Å². The molecule has 0 aliphatic rings. The number of nitrogens with zero attached hydrogens (tertiary/aromatic N) is 1. The number of rotatable bonds is 6. The van der Waals surface area contributed by atoms with Crippen molar-refractivity contribution >= 4 is 0 Å². The smallest absolute Gasteiger partial charge is 0.0368 e. The number of hydrogen-bond donors (Lipinski definition) is 1. The summed E-state index contributed by atoms with van der Waals surface area (Å²) < 4.78 is 0. The summed E-state index contributed by atoms with van der Waals surface area (Å²) in [7, 11) is 4.29. The van der Waals surface area contributed by atoms with Crippen LogP contribution in [0.2, 0.25) is 0 Å². The second-order valence-corrected chi connectivity index (χ2v) is 5.06. The second-order valence-electron chi connectivity index (χ2n) is 5.06. The van der Waals surface area contributed by atoms with E-state index in [1.807, 2.05) is 0 Å². The Morgan fingerprint density at radius 3 is 2.18 bits per heavy atom. The van der Waals surface area contributed by atoms with Crippen molar-refractivity contribution in [3.05, 3.63) is 35.4 Å². The van der Waals surface area contributed by atoms with E-state index in [9.17, 15) is 0 Å². The van der Waals surface area contributed by atoms with E-state index >= 15 is 0 Å². The lowest BCUT2D eigenvalue weighted by molar-refractivity contribution is 0.217. The van der Waals surface area contributed by atoms with Gasteiger partial charge in [0.05, 0.1) is 0 Å². The van der Waals surface area contributed by atoms with Crippen molar-refractivity contribution < 1.29 is 0 Å². The van der Waals surface area contributed by atoms with E-state index < -0.39 is 0 Å². The van der Waals surface area contributed by atoms with Gasteiger partial charge in [-0.05, 0) is 50.5 Å². The third-order valence-electron chi connectivity index (χ3n) is 3.45. The van der Waals surface area contributed by atoms with Crippen LogP contribution in [0.1, 0.15) is 37.4 Å². The largest absolute Gasteiger partial charge is 0.330 e. The van der Waals surface area contributed by atoms with Gasteiger partial charge in [0.25, 0.3) is 0 Å². The minimum Gasteiger partial charge on any atom is -0.330 e. The molecule has 0 fully saturated rings. The predicted molar refractivity (Wildman–Crippen MR) is 75.1 cm³/mol. The standard InChI is InChI=1S/C15H26N2/c1-5-13-6-8-14(9-7-13)15(17(3)4)12(2)10-11-16/h6-9,12,15H,5,10-11,16H2,1-4H3. The van der Waals surface area contributed by atoms with E-state index in [1.54, 1.807) is 0 Å². The fraction of sp³-hybridized carbons (Fsp3) is 0.600. The summed E-state index contributed by atoms with van der Waals surface area (Å²) in [6, 6.07) is 9.46. The highest BCUT2D eigenvalue weighted by Gasteiger charge is 2.20. The Bertz CT molecular complexity index is 316. The van der Waals surface area contributed by atoms with Crippen molar-refractivity contribution in [1.29, 1.82) is 0 Å². The first-order valence-corrected chi connectivity index (χ1v) is 6.55. The second kappa shape index (κ2) is 6.77. The molecule has 0 aliphatic heterocycles. The van der Waals surface area contributed by atoms with Crippen LogP contribution in [0.25, 0.3) is 0 Å². The van der Waals surface area contributed by atoms with Crippen LogP contribution in [-0.4, -0.2) is 25.5 Å². The number of aryl methyl sites for hydroxylation is 1. The van der Waals surface area contributed by atoms with Gasteiger partial charge in [0.1, 0.15) is 0 Å². The highest BCUT2D eigenvalue weighted by atomic mass is 15.1. The molecule has 0 bridgehead atoms. The highest BCUT2D eigenvalue weighted by molar-refractivity contribution is 5.25. The zero-order valence-corrected chi connectivity index (χ0v) is 11.6. The third-order valence-corrected chi connectivity index (χ3v) is 3.45.